The van der Waals surface area contributed by atoms with Crippen molar-refractivity contribution in [3.8, 4) is 0 Å². The van der Waals surface area contributed by atoms with Gasteiger partial charge in [0, 0.05) is 26.1 Å². The van der Waals surface area contributed by atoms with Gasteiger partial charge in [-0.3, -0.25) is 4.79 Å². The van der Waals surface area contributed by atoms with Crippen LogP contribution in [0.15, 0.2) is 0 Å². The van der Waals surface area contributed by atoms with Crippen LogP contribution in [0, 0.1) is 0 Å². The van der Waals surface area contributed by atoms with Crippen molar-refractivity contribution in [1.29, 1.82) is 0 Å². The number of amides is 3. The topological polar surface area (TPSA) is 119 Å². The van der Waals surface area contributed by atoms with Crippen molar-refractivity contribution in [3.63, 3.8) is 0 Å². The first kappa shape index (κ1) is 17.2. The number of carboxylic acid groups (broad SMARTS) is 1. The van der Waals surface area contributed by atoms with Crippen LogP contribution in [0.4, 0.5) is 4.79 Å². The van der Waals surface area contributed by atoms with Crippen LogP contribution in [0.2, 0.25) is 0 Å². The molecule has 0 bridgehead atoms. The van der Waals surface area contributed by atoms with E-state index in [0.29, 0.717) is 13.1 Å². The summed E-state index contributed by atoms with van der Waals surface area (Å²) in [6.45, 7) is 4.73. The average Bonchev–Trinajstić information content (AvgIpc) is 2.37. The minimum absolute atomic E-state index is 0.0127. The van der Waals surface area contributed by atoms with E-state index in [2.05, 4.69) is 10.6 Å². The molecule has 0 aromatic carbocycles. The fourth-order valence-corrected chi connectivity index (χ4v) is 1.35. The summed E-state index contributed by atoms with van der Waals surface area (Å²) < 4.78 is 0. The molecular formula is C11H21N3O5. The van der Waals surface area contributed by atoms with E-state index in [0.717, 1.165) is 0 Å². The number of nitrogens with one attached hydrogen (secondary N) is 2. The van der Waals surface area contributed by atoms with Crippen molar-refractivity contribution in [3.05, 3.63) is 0 Å². The van der Waals surface area contributed by atoms with Crippen LogP contribution in [0.3, 0.4) is 0 Å². The van der Waals surface area contributed by atoms with Gasteiger partial charge in [0.15, 0.2) is 6.10 Å². The summed E-state index contributed by atoms with van der Waals surface area (Å²) in [7, 11) is 0. The molecule has 0 aliphatic heterocycles. The van der Waals surface area contributed by atoms with Gasteiger partial charge in [0.05, 0.1) is 6.54 Å². The number of carbonyl (C=O) groups excluding carboxylic acids is 2. The Kier molecular flexibility index (Phi) is 8.27. The molecule has 8 heteroatoms. The molecule has 0 radical (unpaired) electrons. The number of carboxylic acids is 1. The SMILES string of the molecule is CCN(CC)C(=O)CNC(=O)NCC[C@H](O)C(=O)O. The van der Waals surface area contributed by atoms with Crippen LogP contribution < -0.4 is 10.6 Å². The summed E-state index contributed by atoms with van der Waals surface area (Å²) in [6, 6.07) is -0.571. The van der Waals surface area contributed by atoms with Crippen LogP contribution in [0.25, 0.3) is 0 Å². The van der Waals surface area contributed by atoms with E-state index in [1.165, 1.54) is 0 Å². The van der Waals surface area contributed by atoms with Crippen molar-refractivity contribution >= 4 is 17.9 Å². The zero-order valence-electron chi connectivity index (χ0n) is 11.2. The second-order valence-corrected chi connectivity index (χ2v) is 3.82. The first-order valence-electron chi connectivity index (χ1n) is 6.12. The molecule has 1 atom stereocenters. The highest BCUT2D eigenvalue weighted by molar-refractivity contribution is 5.83. The zero-order chi connectivity index (χ0) is 14.8. The maximum Gasteiger partial charge on any atom is 0.332 e. The molecule has 0 aliphatic carbocycles. The lowest BCUT2D eigenvalue weighted by atomic mass is 10.2. The molecule has 0 fully saturated rings. The molecule has 0 spiro atoms. The highest BCUT2D eigenvalue weighted by atomic mass is 16.4. The molecule has 0 heterocycles. The lowest BCUT2D eigenvalue weighted by Crippen LogP contribution is -2.44. The smallest absolute Gasteiger partial charge is 0.332 e. The fourth-order valence-electron chi connectivity index (χ4n) is 1.35. The highest BCUT2D eigenvalue weighted by Gasteiger charge is 2.13. The van der Waals surface area contributed by atoms with Gasteiger partial charge in [-0.2, -0.15) is 0 Å². The number of rotatable bonds is 8. The molecule has 0 saturated carbocycles. The molecule has 0 saturated heterocycles. The number of aliphatic carboxylic acids is 1. The largest absolute Gasteiger partial charge is 0.479 e. The fraction of sp³-hybridized carbons (Fsp3) is 0.727. The molecule has 0 aliphatic rings. The maximum absolute atomic E-state index is 11.5. The number of hydrogen-bond acceptors (Lipinski definition) is 4. The number of likely N-dealkylation sites (N-methyl/N-ethyl adjacent to an activating group) is 1. The number of nitrogens with zero attached hydrogens (tertiary/aromatic N) is 1. The molecule has 8 nitrogen and oxygen atoms in total. The van der Waals surface area contributed by atoms with Crippen molar-refractivity contribution in [2.75, 3.05) is 26.2 Å². The Hall–Kier alpha value is -1.83. The van der Waals surface area contributed by atoms with E-state index in [4.69, 9.17) is 10.2 Å². The Morgan fingerprint density at radius 2 is 1.74 bits per heavy atom. The number of aliphatic hydroxyl groups excluding tert-OH is 1. The van der Waals surface area contributed by atoms with E-state index in [-0.39, 0.29) is 25.4 Å². The van der Waals surface area contributed by atoms with Crippen molar-refractivity contribution in [1.82, 2.24) is 15.5 Å². The maximum atomic E-state index is 11.5. The molecular weight excluding hydrogens is 254 g/mol. The molecule has 19 heavy (non-hydrogen) atoms. The molecule has 0 rings (SSSR count). The summed E-state index contributed by atoms with van der Waals surface area (Å²) in [4.78, 5) is 34.7. The van der Waals surface area contributed by atoms with Crippen LogP contribution in [0.5, 0.6) is 0 Å². The summed E-state index contributed by atoms with van der Waals surface area (Å²) in [5.41, 5.74) is 0. The predicted molar refractivity (Wildman–Crippen MR) is 67.6 cm³/mol. The second-order valence-electron chi connectivity index (χ2n) is 3.82. The Morgan fingerprint density at radius 1 is 1.16 bits per heavy atom. The lowest BCUT2D eigenvalue weighted by Gasteiger charge is -2.18. The van der Waals surface area contributed by atoms with Gasteiger partial charge in [-0.15, -0.1) is 0 Å². The number of aliphatic hydroxyl groups is 1. The van der Waals surface area contributed by atoms with Gasteiger partial charge in [-0.1, -0.05) is 0 Å². The van der Waals surface area contributed by atoms with Crippen molar-refractivity contribution in [2.24, 2.45) is 0 Å². The van der Waals surface area contributed by atoms with E-state index < -0.39 is 18.1 Å². The summed E-state index contributed by atoms with van der Waals surface area (Å²) in [5, 5.41) is 22.1. The predicted octanol–water partition coefficient (Wildman–Crippen LogP) is -1.01. The van der Waals surface area contributed by atoms with Crippen LogP contribution >= 0.6 is 0 Å². The second kappa shape index (κ2) is 9.15. The summed E-state index contributed by atoms with van der Waals surface area (Å²) in [6.07, 6.45) is -1.59. The van der Waals surface area contributed by atoms with Gasteiger partial charge in [0.25, 0.3) is 0 Å². The number of carbonyl (C=O) groups is 3. The minimum atomic E-state index is -1.50. The van der Waals surface area contributed by atoms with Crippen molar-refractivity contribution in [2.45, 2.75) is 26.4 Å². The monoisotopic (exact) mass is 275 g/mol. The van der Waals surface area contributed by atoms with Gasteiger partial charge in [-0.25, -0.2) is 9.59 Å². The van der Waals surface area contributed by atoms with Crippen LogP contribution in [-0.4, -0.2) is 65.3 Å². The zero-order valence-corrected chi connectivity index (χ0v) is 11.2. The van der Waals surface area contributed by atoms with Crippen LogP contribution in [-0.2, 0) is 9.59 Å². The van der Waals surface area contributed by atoms with E-state index >= 15 is 0 Å². The first-order chi connectivity index (χ1) is 8.92. The van der Waals surface area contributed by atoms with Gasteiger partial charge in [0.2, 0.25) is 5.91 Å². The Labute approximate surface area is 111 Å². The lowest BCUT2D eigenvalue weighted by molar-refractivity contribution is -0.146. The molecule has 4 N–H and O–H groups in total. The van der Waals surface area contributed by atoms with Gasteiger partial charge < -0.3 is 25.7 Å². The third-order valence-corrected chi connectivity index (χ3v) is 2.50. The normalized spacial score (nSPS) is 11.5. The van der Waals surface area contributed by atoms with E-state index in [9.17, 15) is 14.4 Å². The summed E-state index contributed by atoms with van der Waals surface area (Å²) in [5.74, 6) is -1.52. The quantitative estimate of drug-likeness (QED) is 0.452. The van der Waals surface area contributed by atoms with Gasteiger partial charge in [-0.05, 0) is 13.8 Å². The Bertz CT molecular complexity index is 317. The number of urea groups is 1. The van der Waals surface area contributed by atoms with Gasteiger partial charge in [0.1, 0.15) is 0 Å². The van der Waals surface area contributed by atoms with Crippen molar-refractivity contribution < 1.29 is 24.6 Å². The Morgan fingerprint density at radius 3 is 2.21 bits per heavy atom. The number of hydrogen-bond donors (Lipinski definition) is 4. The third-order valence-electron chi connectivity index (χ3n) is 2.50. The average molecular weight is 275 g/mol. The third kappa shape index (κ3) is 7.24. The summed E-state index contributed by atoms with van der Waals surface area (Å²) >= 11 is 0. The van der Waals surface area contributed by atoms with Crippen LogP contribution in [0.1, 0.15) is 20.3 Å². The molecule has 3 amide bonds. The first-order valence-corrected chi connectivity index (χ1v) is 6.12. The molecule has 0 aromatic heterocycles. The molecule has 0 unspecified atom stereocenters. The van der Waals surface area contributed by atoms with Gasteiger partial charge >= 0.3 is 12.0 Å². The molecule has 110 valence electrons. The van der Waals surface area contributed by atoms with E-state index in [1.807, 2.05) is 13.8 Å². The van der Waals surface area contributed by atoms with E-state index in [1.54, 1.807) is 4.90 Å². The standard InChI is InChI=1S/C11H21N3O5/c1-3-14(4-2)9(16)7-13-11(19)12-6-5-8(15)10(17)18/h8,15H,3-7H2,1-2H3,(H,17,18)(H2,12,13,19)/t8-/m0/s1. The highest BCUT2D eigenvalue weighted by Crippen LogP contribution is 1.89. The Balaban J connectivity index is 3.82. The minimum Gasteiger partial charge on any atom is -0.479 e. The molecule has 0 aromatic rings.